The molecule has 1 heterocycles. The monoisotopic (exact) mass is 857 g/mol. The lowest BCUT2D eigenvalue weighted by molar-refractivity contribution is -0.301. The second-order valence-electron chi connectivity index (χ2n) is 16.8. The van der Waals surface area contributed by atoms with E-state index in [2.05, 4.69) is 6.92 Å². The smallest absolute Gasteiger partial charge is 0.338 e. The molecule has 338 valence electrons. The van der Waals surface area contributed by atoms with Crippen molar-refractivity contribution in [1.82, 2.24) is 0 Å². The number of carbonyl (C=O) groups is 4. The quantitative estimate of drug-likeness (QED) is 0.0360. The molecule has 0 saturated carbocycles. The van der Waals surface area contributed by atoms with Gasteiger partial charge in [0, 0.05) is 0 Å². The lowest BCUT2D eigenvalue weighted by Gasteiger charge is -2.43. The first-order valence-corrected chi connectivity index (χ1v) is 22.2. The van der Waals surface area contributed by atoms with Crippen LogP contribution >= 0.6 is 0 Å². The van der Waals surface area contributed by atoms with Gasteiger partial charge in [-0.05, 0) is 76.1 Å². The minimum absolute atomic E-state index is 0.178. The summed E-state index contributed by atoms with van der Waals surface area (Å²) in [7, 11) is 0. The van der Waals surface area contributed by atoms with Crippen molar-refractivity contribution in [3.8, 4) is 0 Å². The number of rotatable bonds is 25. The van der Waals surface area contributed by atoms with Crippen LogP contribution in [0.1, 0.15) is 136 Å². The van der Waals surface area contributed by atoms with E-state index < -0.39 is 78.8 Å². The van der Waals surface area contributed by atoms with Crippen molar-refractivity contribution >= 4 is 23.9 Å². The van der Waals surface area contributed by atoms with Crippen LogP contribution < -0.4 is 5.73 Å². The number of ether oxygens (including phenoxy) is 6. The van der Waals surface area contributed by atoms with Crippen molar-refractivity contribution in [2.24, 2.45) is 11.1 Å². The van der Waals surface area contributed by atoms with E-state index in [-0.39, 0.29) is 17.7 Å². The van der Waals surface area contributed by atoms with E-state index in [0.717, 1.165) is 25.7 Å². The molecule has 12 nitrogen and oxygen atoms in total. The van der Waals surface area contributed by atoms with E-state index in [1.807, 2.05) is 6.08 Å². The lowest BCUT2D eigenvalue weighted by atomic mass is 9.96. The Morgan fingerprint density at radius 1 is 0.694 bits per heavy atom. The molecule has 12 heteroatoms. The zero-order valence-electron chi connectivity index (χ0n) is 36.9. The Hall–Kier alpha value is -4.88. The zero-order valence-corrected chi connectivity index (χ0v) is 36.9. The van der Waals surface area contributed by atoms with Crippen LogP contribution in [0.2, 0.25) is 0 Å². The average Bonchev–Trinajstić information content (AvgIpc) is 3.28. The number of esters is 4. The number of aliphatic hydroxyl groups excluding tert-OH is 1. The molecule has 62 heavy (non-hydrogen) atoms. The van der Waals surface area contributed by atoms with Crippen molar-refractivity contribution < 1.29 is 52.7 Å². The summed E-state index contributed by atoms with van der Waals surface area (Å²) in [5.74, 6) is -2.76. The molecule has 3 N–H and O–H groups in total. The van der Waals surface area contributed by atoms with E-state index in [0.29, 0.717) is 5.56 Å². The summed E-state index contributed by atoms with van der Waals surface area (Å²) in [5, 5.41) is 11.7. The number of hydrogen-bond acceptors (Lipinski definition) is 12. The molecule has 0 radical (unpaired) electrons. The highest BCUT2D eigenvalue weighted by molar-refractivity contribution is 5.90. The molecule has 0 aliphatic carbocycles. The molecule has 7 atom stereocenters. The highest BCUT2D eigenvalue weighted by Crippen LogP contribution is 2.30. The SMILES string of the molecule is CCCCCCCCCCCCC/C=C/[C@@H](OC(=O)c1ccccc1)[C@@H](N)CO[C@@H]1O[C@H](COC(=O)C(C)(C)C)[C@H](O)[C@H](OC(=O)c2ccccc2)[C@H]1OC(=O)c1ccccc1. The summed E-state index contributed by atoms with van der Waals surface area (Å²) in [5.41, 5.74) is 6.56. The van der Waals surface area contributed by atoms with Gasteiger partial charge >= 0.3 is 23.9 Å². The molecule has 3 aromatic carbocycles. The van der Waals surface area contributed by atoms with Crippen molar-refractivity contribution in [2.45, 2.75) is 148 Å². The van der Waals surface area contributed by atoms with Gasteiger partial charge in [-0.1, -0.05) is 132 Å². The van der Waals surface area contributed by atoms with Crippen molar-refractivity contribution in [1.29, 1.82) is 0 Å². The van der Waals surface area contributed by atoms with Gasteiger partial charge in [-0.15, -0.1) is 0 Å². The van der Waals surface area contributed by atoms with Gasteiger partial charge in [0.05, 0.1) is 34.8 Å². The van der Waals surface area contributed by atoms with Gasteiger partial charge in [-0.2, -0.15) is 0 Å². The number of allylic oxidation sites excluding steroid dienone is 1. The summed E-state index contributed by atoms with van der Waals surface area (Å²) < 4.78 is 35.7. The van der Waals surface area contributed by atoms with Gasteiger partial charge in [0.1, 0.15) is 24.9 Å². The molecule has 3 aromatic rings. The third-order valence-corrected chi connectivity index (χ3v) is 10.5. The molecule has 1 aliphatic heterocycles. The van der Waals surface area contributed by atoms with Crippen molar-refractivity contribution in [3.05, 3.63) is 120 Å². The molecule has 1 saturated heterocycles. The average molecular weight is 858 g/mol. The highest BCUT2D eigenvalue weighted by Gasteiger charge is 2.51. The number of hydrogen-bond donors (Lipinski definition) is 2. The van der Waals surface area contributed by atoms with Gasteiger partial charge in [0.15, 0.2) is 18.5 Å². The molecule has 0 aromatic heterocycles. The van der Waals surface area contributed by atoms with Crippen LogP contribution in [0, 0.1) is 5.41 Å². The maximum Gasteiger partial charge on any atom is 0.338 e. The lowest BCUT2D eigenvalue weighted by Crippen LogP contribution is -2.62. The van der Waals surface area contributed by atoms with Gasteiger partial charge in [-0.25, -0.2) is 14.4 Å². The Balaban J connectivity index is 1.52. The van der Waals surface area contributed by atoms with E-state index in [1.165, 1.54) is 63.5 Å². The van der Waals surface area contributed by atoms with Crippen LogP contribution in [-0.2, 0) is 33.2 Å². The summed E-state index contributed by atoms with van der Waals surface area (Å²) in [4.78, 5) is 53.2. The Morgan fingerprint density at radius 2 is 1.16 bits per heavy atom. The highest BCUT2D eigenvalue weighted by atomic mass is 16.7. The molecule has 0 amide bonds. The Labute approximate surface area is 367 Å². The topological polar surface area (TPSA) is 170 Å². The number of unbranched alkanes of at least 4 members (excludes halogenated alkanes) is 11. The largest absolute Gasteiger partial charge is 0.462 e. The number of aliphatic hydroxyl groups is 1. The maximum absolute atomic E-state index is 13.6. The predicted molar refractivity (Wildman–Crippen MR) is 236 cm³/mol. The Bertz CT molecular complexity index is 1800. The predicted octanol–water partition coefficient (Wildman–Crippen LogP) is 8.94. The Morgan fingerprint density at radius 3 is 1.66 bits per heavy atom. The standard InChI is InChI=1S/C50H67NO11/c1-5-6-7-8-9-10-11-12-13-14-15-16-26-33-40(59-45(53)36-27-20-17-21-28-36)39(51)34-57-48-44(62-47(55)38-31-24-19-25-32-38)43(61-46(54)37-29-22-18-23-30-37)42(52)41(60-48)35-58-49(56)50(2,3)4/h17-33,39-44,48,52H,5-16,34-35,51H2,1-4H3/b33-26+/t39-,40+,41+,42-,43-,44+,48+/m0/s1. The van der Waals surface area contributed by atoms with Crippen LogP contribution in [-0.4, -0.2) is 85.0 Å². The summed E-state index contributed by atoms with van der Waals surface area (Å²) in [6.07, 6.45) is 9.49. The fourth-order valence-electron chi connectivity index (χ4n) is 6.82. The molecular formula is C50H67NO11. The van der Waals surface area contributed by atoms with Crippen molar-refractivity contribution in [2.75, 3.05) is 13.2 Å². The number of nitrogens with two attached hydrogens (primary N) is 1. The molecule has 1 aliphatic rings. The fourth-order valence-corrected chi connectivity index (χ4v) is 6.82. The van der Waals surface area contributed by atoms with Gasteiger partial charge in [-0.3, -0.25) is 4.79 Å². The van der Waals surface area contributed by atoms with E-state index in [4.69, 9.17) is 34.2 Å². The second-order valence-corrected chi connectivity index (χ2v) is 16.8. The van der Waals surface area contributed by atoms with Crippen molar-refractivity contribution in [3.63, 3.8) is 0 Å². The zero-order chi connectivity index (χ0) is 44.7. The summed E-state index contributed by atoms with van der Waals surface area (Å²) in [6, 6.07) is 23.8. The van der Waals surface area contributed by atoms with E-state index in [9.17, 15) is 24.3 Å². The fraction of sp³-hybridized carbons (Fsp3) is 0.520. The Kier molecular flexibility index (Phi) is 21.3. The molecule has 0 unspecified atom stereocenters. The molecule has 0 spiro atoms. The molecule has 1 fully saturated rings. The molecular weight excluding hydrogens is 791 g/mol. The number of carbonyl (C=O) groups excluding carboxylic acids is 4. The minimum atomic E-state index is -1.64. The van der Waals surface area contributed by atoms with Crippen LogP contribution in [0.4, 0.5) is 0 Å². The summed E-state index contributed by atoms with van der Waals surface area (Å²) >= 11 is 0. The van der Waals surface area contributed by atoms with Crippen LogP contribution in [0.5, 0.6) is 0 Å². The van der Waals surface area contributed by atoms with Crippen LogP contribution in [0.3, 0.4) is 0 Å². The molecule has 0 bridgehead atoms. The number of benzene rings is 3. The first kappa shape index (κ1) is 49.8. The van der Waals surface area contributed by atoms with E-state index in [1.54, 1.807) is 106 Å². The normalized spacial score (nSPS) is 19.9. The van der Waals surface area contributed by atoms with Crippen LogP contribution in [0.15, 0.2) is 103 Å². The minimum Gasteiger partial charge on any atom is -0.462 e. The van der Waals surface area contributed by atoms with Gasteiger partial charge in [0.2, 0.25) is 0 Å². The third kappa shape index (κ3) is 16.8. The van der Waals surface area contributed by atoms with Crippen LogP contribution in [0.25, 0.3) is 0 Å². The van der Waals surface area contributed by atoms with Gasteiger partial charge in [0.25, 0.3) is 0 Å². The molecule has 4 rings (SSSR count). The van der Waals surface area contributed by atoms with Gasteiger partial charge < -0.3 is 39.3 Å². The second kappa shape index (κ2) is 26.6. The maximum atomic E-state index is 13.6. The summed E-state index contributed by atoms with van der Waals surface area (Å²) in [6.45, 7) is 6.52. The first-order chi connectivity index (χ1) is 29.9. The van der Waals surface area contributed by atoms with E-state index >= 15 is 0 Å². The first-order valence-electron chi connectivity index (χ1n) is 22.2. The third-order valence-electron chi connectivity index (χ3n) is 10.5.